The number of carbonyl (C=O) groups is 1. The predicted molar refractivity (Wildman–Crippen MR) is 102 cm³/mol. The van der Waals surface area contributed by atoms with Gasteiger partial charge >= 0.3 is 6.18 Å². The maximum absolute atomic E-state index is 13.1. The molecule has 3 rings (SSSR count). The molecule has 0 atom stereocenters. The van der Waals surface area contributed by atoms with Crippen molar-refractivity contribution < 1.29 is 18.0 Å². The Bertz CT molecular complexity index is 975. The molecule has 2 N–H and O–H groups in total. The summed E-state index contributed by atoms with van der Waals surface area (Å²) in [7, 11) is 0. The summed E-state index contributed by atoms with van der Waals surface area (Å²) < 4.78 is 40.3. The van der Waals surface area contributed by atoms with Crippen LogP contribution in [-0.2, 0) is 12.7 Å². The van der Waals surface area contributed by atoms with Crippen LogP contribution in [0.5, 0.6) is 0 Å². The normalized spacial score (nSPS) is 11.4. The second-order valence-electron chi connectivity index (χ2n) is 6.06. The van der Waals surface area contributed by atoms with Crippen molar-refractivity contribution in [3.8, 4) is 5.69 Å². The summed E-state index contributed by atoms with van der Waals surface area (Å²) in [5.74, 6) is -0.682. The number of para-hydroxylation sites is 1. The third-order valence-electron chi connectivity index (χ3n) is 3.98. The van der Waals surface area contributed by atoms with Gasteiger partial charge in [-0.05, 0) is 29.8 Å². The predicted octanol–water partition coefficient (Wildman–Crippen LogP) is 3.46. The molecule has 0 saturated carbocycles. The van der Waals surface area contributed by atoms with Crippen LogP contribution in [0.3, 0.4) is 0 Å². The van der Waals surface area contributed by atoms with E-state index in [0.717, 1.165) is 10.2 Å². The van der Waals surface area contributed by atoms with Gasteiger partial charge in [0.05, 0.1) is 10.7 Å². The molecule has 152 valence electrons. The van der Waals surface area contributed by atoms with E-state index < -0.39 is 17.8 Å². The zero-order valence-corrected chi connectivity index (χ0v) is 15.8. The minimum atomic E-state index is -4.69. The van der Waals surface area contributed by atoms with Crippen molar-refractivity contribution >= 4 is 17.5 Å². The molecule has 0 aliphatic heterocycles. The fourth-order valence-electron chi connectivity index (χ4n) is 2.58. The summed E-state index contributed by atoms with van der Waals surface area (Å²) in [6, 6.07) is 10.6. The molecule has 0 saturated heterocycles. The first-order valence-corrected chi connectivity index (χ1v) is 9.04. The maximum atomic E-state index is 13.1. The van der Waals surface area contributed by atoms with Gasteiger partial charge in [0.25, 0.3) is 5.91 Å². The highest BCUT2D eigenvalue weighted by Gasteiger charge is 2.36. The van der Waals surface area contributed by atoms with Crippen molar-refractivity contribution in [1.82, 2.24) is 25.4 Å². The van der Waals surface area contributed by atoms with Crippen LogP contribution in [0.1, 0.15) is 21.7 Å². The number of rotatable bonds is 7. The van der Waals surface area contributed by atoms with E-state index in [1.807, 2.05) is 12.1 Å². The molecular formula is C19H17ClF3N5O. The molecule has 2 aromatic heterocycles. The van der Waals surface area contributed by atoms with Crippen LogP contribution in [0.15, 0.2) is 54.9 Å². The van der Waals surface area contributed by atoms with Gasteiger partial charge in [-0.3, -0.25) is 9.78 Å². The molecule has 0 aliphatic carbocycles. The zero-order chi connectivity index (χ0) is 20.9. The fraction of sp³-hybridized carbons (Fsp3) is 0.211. The first-order chi connectivity index (χ1) is 13.9. The molecule has 0 unspecified atom stereocenters. The molecule has 0 fully saturated rings. The van der Waals surface area contributed by atoms with Crippen LogP contribution >= 0.6 is 11.6 Å². The highest BCUT2D eigenvalue weighted by molar-refractivity contribution is 6.32. The van der Waals surface area contributed by atoms with Crippen molar-refractivity contribution in [3.05, 3.63) is 76.8 Å². The van der Waals surface area contributed by atoms with Crippen LogP contribution in [-0.4, -0.2) is 33.8 Å². The molecule has 2 heterocycles. The second-order valence-corrected chi connectivity index (χ2v) is 6.47. The maximum Gasteiger partial charge on any atom is 0.435 e. The van der Waals surface area contributed by atoms with Gasteiger partial charge in [-0.25, -0.2) is 4.68 Å². The average molecular weight is 424 g/mol. The molecule has 1 amide bonds. The van der Waals surface area contributed by atoms with E-state index in [4.69, 9.17) is 11.6 Å². The molecular weight excluding hydrogens is 407 g/mol. The molecule has 0 aliphatic rings. The lowest BCUT2D eigenvalue weighted by Gasteiger charge is -2.10. The van der Waals surface area contributed by atoms with Gasteiger partial charge in [0.15, 0.2) is 5.69 Å². The quantitative estimate of drug-likeness (QED) is 0.571. The standard InChI is InChI=1S/C19H17ClF3N5O/c20-14-3-1-2-4-15(14)28-16(11-17(27-28)19(21,22)23)18(29)26-10-9-25-12-13-5-7-24-8-6-13/h1-8,11,25H,9-10,12H2,(H,26,29). The molecule has 0 spiro atoms. The number of aromatic nitrogens is 3. The monoisotopic (exact) mass is 423 g/mol. The number of hydrogen-bond acceptors (Lipinski definition) is 4. The SMILES string of the molecule is O=C(NCCNCc1ccncc1)c1cc(C(F)(F)F)nn1-c1ccccc1Cl. The minimum Gasteiger partial charge on any atom is -0.349 e. The molecule has 3 aromatic rings. The van der Waals surface area contributed by atoms with Gasteiger partial charge in [-0.2, -0.15) is 18.3 Å². The number of pyridine rings is 1. The number of carbonyl (C=O) groups excluding carboxylic acids is 1. The van der Waals surface area contributed by atoms with E-state index in [0.29, 0.717) is 19.2 Å². The lowest BCUT2D eigenvalue weighted by molar-refractivity contribution is -0.141. The third-order valence-corrected chi connectivity index (χ3v) is 4.30. The number of nitrogens with zero attached hydrogens (tertiary/aromatic N) is 3. The number of alkyl halides is 3. The van der Waals surface area contributed by atoms with Gasteiger partial charge in [0.1, 0.15) is 5.69 Å². The van der Waals surface area contributed by atoms with Crippen LogP contribution in [0.2, 0.25) is 5.02 Å². The van der Waals surface area contributed by atoms with Gasteiger partial charge in [0.2, 0.25) is 0 Å². The Morgan fingerprint density at radius 2 is 1.83 bits per heavy atom. The number of hydrogen-bond donors (Lipinski definition) is 2. The van der Waals surface area contributed by atoms with E-state index in [1.54, 1.807) is 24.5 Å². The first-order valence-electron chi connectivity index (χ1n) is 8.66. The average Bonchev–Trinajstić information content (AvgIpc) is 3.14. The van der Waals surface area contributed by atoms with Crippen LogP contribution in [0.4, 0.5) is 13.2 Å². The van der Waals surface area contributed by atoms with Crippen LogP contribution in [0.25, 0.3) is 5.69 Å². The highest BCUT2D eigenvalue weighted by Crippen LogP contribution is 2.30. The lowest BCUT2D eigenvalue weighted by Crippen LogP contribution is -2.32. The Morgan fingerprint density at radius 1 is 1.10 bits per heavy atom. The number of halogens is 4. The van der Waals surface area contributed by atoms with Gasteiger partial charge in [-0.1, -0.05) is 23.7 Å². The number of nitrogens with one attached hydrogen (secondary N) is 2. The Hall–Kier alpha value is -2.91. The van der Waals surface area contributed by atoms with Crippen molar-refractivity contribution in [3.63, 3.8) is 0 Å². The molecule has 29 heavy (non-hydrogen) atoms. The third kappa shape index (κ3) is 5.33. The molecule has 6 nitrogen and oxygen atoms in total. The topological polar surface area (TPSA) is 71.8 Å². The highest BCUT2D eigenvalue weighted by atomic mass is 35.5. The van der Waals surface area contributed by atoms with Crippen molar-refractivity contribution in [2.75, 3.05) is 13.1 Å². The van der Waals surface area contributed by atoms with E-state index >= 15 is 0 Å². The van der Waals surface area contributed by atoms with E-state index in [-0.39, 0.29) is 22.9 Å². The van der Waals surface area contributed by atoms with Crippen molar-refractivity contribution in [2.45, 2.75) is 12.7 Å². The minimum absolute atomic E-state index is 0.178. The molecule has 1 aromatic carbocycles. The Balaban J connectivity index is 1.69. The summed E-state index contributed by atoms with van der Waals surface area (Å²) in [6.07, 6.45) is -1.34. The Morgan fingerprint density at radius 3 is 2.52 bits per heavy atom. The van der Waals surface area contributed by atoms with Gasteiger partial charge in [-0.15, -0.1) is 0 Å². The summed E-state index contributed by atoms with van der Waals surface area (Å²) >= 11 is 6.07. The van der Waals surface area contributed by atoms with Crippen LogP contribution < -0.4 is 10.6 Å². The van der Waals surface area contributed by atoms with Gasteiger partial charge in [0, 0.05) is 38.1 Å². The summed E-state index contributed by atoms with van der Waals surface area (Å²) in [4.78, 5) is 16.4. The van der Waals surface area contributed by atoms with E-state index in [1.165, 1.54) is 12.1 Å². The van der Waals surface area contributed by atoms with E-state index in [2.05, 4.69) is 20.7 Å². The zero-order valence-electron chi connectivity index (χ0n) is 15.1. The summed E-state index contributed by atoms with van der Waals surface area (Å²) in [5.41, 5.74) is -0.207. The molecule has 0 radical (unpaired) electrons. The molecule has 10 heteroatoms. The van der Waals surface area contributed by atoms with Gasteiger partial charge < -0.3 is 10.6 Å². The largest absolute Gasteiger partial charge is 0.435 e. The Kier molecular flexibility index (Phi) is 6.50. The first kappa shape index (κ1) is 20.8. The van der Waals surface area contributed by atoms with Crippen molar-refractivity contribution in [2.24, 2.45) is 0 Å². The smallest absolute Gasteiger partial charge is 0.349 e. The second kappa shape index (κ2) is 9.06. The fourth-order valence-corrected chi connectivity index (χ4v) is 2.79. The van der Waals surface area contributed by atoms with Crippen molar-refractivity contribution in [1.29, 1.82) is 0 Å². The number of amides is 1. The summed E-state index contributed by atoms with van der Waals surface area (Å²) in [5, 5.41) is 9.44. The van der Waals surface area contributed by atoms with Crippen LogP contribution in [0, 0.1) is 0 Å². The van der Waals surface area contributed by atoms with E-state index in [9.17, 15) is 18.0 Å². The molecule has 0 bridgehead atoms. The Labute approximate surface area is 169 Å². The summed E-state index contributed by atoms with van der Waals surface area (Å²) in [6.45, 7) is 1.23. The lowest BCUT2D eigenvalue weighted by atomic mass is 10.2. The number of benzene rings is 1.